The van der Waals surface area contributed by atoms with Gasteiger partial charge in [0.05, 0.1) is 5.69 Å². The normalized spacial score (nSPS) is 12.6. The van der Waals surface area contributed by atoms with E-state index in [2.05, 4.69) is 21.1 Å². The number of carbonyl (C=O) groups is 1. The van der Waals surface area contributed by atoms with Crippen LogP contribution in [0.25, 0.3) is 10.8 Å². The fraction of sp³-hybridized carbons (Fsp3) is 0.105. The SMILES string of the molecule is Cc1cc(CNC(=O)N2N=Nc3ccc4ccccc4c3N2)ccc1F. The highest BCUT2D eigenvalue weighted by Crippen LogP contribution is 2.36. The molecule has 2 amide bonds. The predicted molar refractivity (Wildman–Crippen MR) is 97.3 cm³/mol. The van der Waals surface area contributed by atoms with Crippen LogP contribution in [0.2, 0.25) is 0 Å². The molecule has 0 unspecified atom stereocenters. The maximum Gasteiger partial charge on any atom is 0.359 e. The summed E-state index contributed by atoms with van der Waals surface area (Å²) in [6, 6.07) is 15.9. The van der Waals surface area contributed by atoms with Crippen LogP contribution in [0.5, 0.6) is 0 Å². The van der Waals surface area contributed by atoms with Gasteiger partial charge in [0.25, 0.3) is 0 Å². The molecule has 0 saturated heterocycles. The van der Waals surface area contributed by atoms with E-state index in [9.17, 15) is 9.18 Å². The van der Waals surface area contributed by atoms with Crippen LogP contribution < -0.4 is 10.7 Å². The number of anilines is 1. The van der Waals surface area contributed by atoms with Crippen molar-refractivity contribution in [2.45, 2.75) is 13.5 Å². The molecule has 0 fully saturated rings. The minimum absolute atomic E-state index is 0.260. The van der Waals surface area contributed by atoms with Crippen LogP contribution in [-0.4, -0.2) is 11.1 Å². The molecule has 0 bridgehead atoms. The largest absolute Gasteiger partial charge is 0.359 e. The third-order valence-electron chi connectivity index (χ3n) is 4.23. The summed E-state index contributed by atoms with van der Waals surface area (Å²) in [6.45, 7) is 1.94. The summed E-state index contributed by atoms with van der Waals surface area (Å²) < 4.78 is 13.3. The van der Waals surface area contributed by atoms with Crippen molar-refractivity contribution in [3.05, 3.63) is 71.5 Å². The molecule has 6 nitrogen and oxygen atoms in total. The molecule has 0 radical (unpaired) electrons. The molecule has 1 aliphatic heterocycles. The van der Waals surface area contributed by atoms with Crippen molar-refractivity contribution in [1.82, 2.24) is 10.4 Å². The number of hydrazine groups is 1. The summed E-state index contributed by atoms with van der Waals surface area (Å²) in [5, 5.41) is 13.8. The van der Waals surface area contributed by atoms with E-state index in [1.165, 1.54) is 6.07 Å². The van der Waals surface area contributed by atoms with Crippen molar-refractivity contribution >= 4 is 28.2 Å². The van der Waals surface area contributed by atoms with Crippen molar-refractivity contribution in [1.29, 1.82) is 0 Å². The van der Waals surface area contributed by atoms with E-state index in [-0.39, 0.29) is 12.4 Å². The van der Waals surface area contributed by atoms with Gasteiger partial charge in [-0.2, -0.15) is 0 Å². The Morgan fingerprint density at radius 2 is 2.04 bits per heavy atom. The summed E-state index contributed by atoms with van der Waals surface area (Å²) in [7, 11) is 0. The molecular weight excluding hydrogens is 333 g/mol. The van der Waals surface area contributed by atoms with Gasteiger partial charge < -0.3 is 5.32 Å². The second-order valence-electron chi connectivity index (χ2n) is 6.04. The minimum Gasteiger partial charge on any atom is -0.331 e. The number of nitrogens with zero attached hydrogens (tertiary/aromatic N) is 3. The molecule has 0 aromatic heterocycles. The topological polar surface area (TPSA) is 69.1 Å². The third kappa shape index (κ3) is 2.95. The van der Waals surface area contributed by atoms with Gasteiger partial charge in [-0.1, -0.05) is 47.6 Å². The molecule has 0 spiro atoms. The maximum absolute atomic E-state index is 13.3. The van der Waals surface area contributed by atoms with Gasteiger partial charge in [0.1, 0.15) is 11.5 Å². The molecule has 3 aromatic carbocycles. The van der Waals surface area contributed by atoms with Crippen molar-refractivity contribution in [3.8, 4) is 0 Å². The Balaban J connectivity index is 1.50. The van der Waals surface area contributed by atoms with Crippen LogP contribution in [-0.2, 0) is 6.54 Å². The summed E-state index contributed by atoms with van der Waals surface area (Å²) in [4.78, 5) is 12.4. The van der Waals surface area contributed by atoms with Crippen LogP contribution in [0, 0.1) is 12.7 Å². The molecule has 4 rings (SSSR count). The van der Waals surface area contributed by atoms with Gasteiger partial charge in [-0.05, 0) is 40.8 Å². The van der Waals surface area contributed by atoms with E-state index in [4.69, 9.17) is 0 Å². The number of hydrogen-bond acceptors (Lipinski definition) is 4. The first kappa shape index (κ1) is 16.0. The second-order valence-corrected chi connectivity index (χ2v) is 6.04. The molecule has 0 atom stereocenters. The van der Waals surface area contributed by atoms with Crippen LogP contribution in [0.3, 0.4) is 0 Å². The van der Waals surface area contributed by atoms with Crippen LogP contribution in [0.15, 0.2) is 64.9 Å². The van der Waals surface area contributed by atoms with Gasteiger partial charge >= 0.3 is 6.03 Å². The van der Waals surface area contributed by atoms with Gasteiger partial charge in [0.15, 0.2) is 0 Å². The van der Waals surface area contributed by atoms with Gasteiger partial charge in [0, 0.05) is 11.9 Å². The average Bonchev–Trinajstić information content (AvgIpc) is 2.68. The Morgan fingerprint density at radius 3 is 2.88 bits per heavy atom. The first-order chi connectivity index (χ1) is 12.6. The Morgan fingerprint density at radius 1 is 1.19 bits per heavy atom. The Bertz CT molecular complexity index is 1030. The Kier molecular flexibility index (Phi) is 3.96. The molecular formula is C19H16FN5O. The van der Waals surface area contributed by atoms with Crippen LogP contribution >= 0.6 is 0 Å². The number of amides is 2. The quantitative estimate of drug-likeness (QED) is 0.695. The first-order valence-corrected chi connectivity index (χ1v) is 8.15. The standard InChI is InChI=1S/C19H16FN5O/c1-12-10-13(6-8-16(12)20)11-21-19(26)25-23-18-15-5-3-2-4-14(15)7-9-17(18)22-24-25/h2-10,23H,11H2,1H3,(H,21,26). The zero-order chi connectivity index (χ0) is 18.1. The third-order valence-corrected chi connectivity index (χ3v) is 4.23. The minimum atomic E-state index is -0.450. The molecule has 0 aliphatic carbocycles. The lowest BCUT2D eigenvalue weighted by Crippen LogP contribution is -2.40. The summed E-state index contributed by atoms with van der Waals surface area (Å²) in [5.41, 5.74) is 5.73. The smallest absolute Gasteiger partial charge is 0.331 e. The second kappa shape index (κ2) is 6.44. The van der Waals surface area contributed by atoms with Gasteiger partial charge in [-0.25, -0.2) is 9.18 Å². The van der Waals surface area contributed by atoms with E-state index >= 15 is 0 Å². The number of rotatable bonds is 2. The number of halogens is 1. The van der Waals surface area contributed by atoms with Gasteiger partial charge in [-0.3, -0.25) is 5.43 Å². The highest BCUT2D eigenvalue weighted by Gasteiger charge is 2.20. The summed E-state index contributed by atoms with van der Waals surface area (Å²) >= 11 is 0. The Hall–Kier alpha value is -3.48. The Labute approximate surface area is 149 Å². The van der Waals surface area contributed by atoms with E-state index < -0.39 is 6.03 Å². The zero-order valence-corrected chi connectivity index (χ0v) is 14.0. The van der Waals surface area contributed by atoms with Crippen molar-refractivity contribution in [2.24, 2.45) is 10.3 Å². The number of nitrogens with one attached hydrogen (secondary N) is 2. The molecule has 0 saturated carbocycles. The van der Waals surface area contributed by atoms with Crippen LogP contribution in [0.4, 0.5) is 20.6 Å². The predicted octanol–water partition coefficient (Wildman–Crippen LogP) is 4.84. The molecule has 130 valence electrons. The molecule has 3 aromatic rings. The lowest BCUT2D eigenvalue weighted by Gasteiger charge is -2.23. The number of fused-ring (bicyclic) bond motifs is 3. The maximum atomic E-state index is 13.3. The number of benzene rings is 3. The van der Waals surface area contributed by atoms with Gasteiger partial charge in [-0.15, -0.1) is 5.11 Å². The van der Waals surface area contributed by atoms with Crippen molar-refractivity contribution in [2.75, 3.05) is 5.43 Å². The fourth-order valence-electron chi connectivity index (χ4n) is 2.84. The molecule has 26 heavy (non-hydrogen) atoms. The number of carbonyl (C=O) groups excluding carboxylic acids is 1. The summed E-state index contributed by atoms with van der Waals surface area (Å²) in [6.07, 6.45) is 0. The number of hydrogen-bond donors (Lipinski definition) is 2. The average molecular weight is 349 g/mol. The number of aryl methyl sites for hydroxylation is 1. The first-order valence-electron chi connectivity index (χ1n) is 8.15. The van der Waals surface area contributed by atoms with Crippen molar-refractivity contribution in [3.63, 3.8) is 0 Å². The summed E-state index contributed by atoms with van der Waals surface area (Å²) in [5.74, 6) is -0.268. The highest BCUT2D eigenvalue weighted by molar-refractivity contribution is 6.00. The van der Waals surface area contributed by atoms with E-state index in [0.29, 0.717) is 11.3 Å². The van der Waals surface area contributed by atoms with E-state index in [1.54, 1.807) is 19.1 Å². The van der Waals surface area contributed by atoms with E-state index in [0.717, 1.165) is 27.1 Å². The molecule has 7 heteroatoms. The fourth-order valence-corrected chi connectivity index (χ4v) is 2.84. The van der Waals surface area contributed by atoms with Crippen LogP contribution in [0.1, 0.15) is 11.1 Å². The van der Waals surface area contributed by atoms with Gasteiger partial charge in [0.2, 0.25) is 0 Å². The van der Waals surface area contributed by atoms with E-state index in [1.807, 2.05) is 36.4 Å². The molecule has 2 N–H and O–H groups in total. The lowest BCUT2D eigenvalue weighted by molar-refractivity contribution is 0.206. The van der Waals surface area contributed by atoms with Crippen molar-refractivity contribution < 1.29 is 9.18 Å². The monoisotopic (exact) mass is 349 g/mol. The molecule has 1 aliphatic rings. The number of urea groups is 1. The lowest BCUT2D eigenvalue weighted by atomic mass is 10.1. The molecule has 1 heterocycles. The zero-order valence-electron chi connectivity index (χ0n) is 14.0. The highest BCUT2D eigenvalue weighted by atomic mass is 19.1.